The van der Waals surface area contributed by atoms with Crippen molar-refractivity contribution < 1.29 is 14.5 Å². The Morgan fingerprint density at radius 3 is 2.52 bits per heavy atom. The summed E-state index contributed by atoms with van der Waals surface area (Å²) in [7, 11) is 0. The van der Waals surface area contributed by atoms with Gasteiger partial charge in [-0.3, -0.25) is 19.7 Å². The van der Waals surface area contributed by atoms with Crippen LogP contribution in [0.15, 0.2) is 79.1 Å². The quantitative estimate of drug-likeness (QED) is 0.238. The minimum atomic E-state index is -0.442. The highest BCUT2D eigenvalue weighted by atomic mass is 16.6. The number of carbonyl (C=O) groups excluding carboxylic acids is 2. The van der Waals surface area contributed by atoms with Crippen molar-refractivity contribution in [2.45, 2.75) is 32.2 Å². The molecule has 0 saturated carbocycles. The first-order chi connectivity index (χ1) is 19.4. The summed E-state index contributed by atoms with van der Waals surface area (Å²) in [6, 6.07) is 20.0. The number of anilines is 1. The van der Waals surface area contributed by atoms with Gasteiger partial charge in [0, 0.05) is 48.7 Å². The fraction of sp³-hybridized carbons (Fsp3) is 0.233. The molecule has 1 aliphatic rings. The zero-order valence-corrected chi connectivity index (χ0v) is 22.0. The SMILES string of the molecule is Cc1c(C(=O)N2CCC(c3ccc(NC(=O)Cn4ccc5ccc([N+](=O)[O-])cc54)cc3)CC2)nc2ccccn12. The average Bonchev–Trinajstić information content (AvgIpc) is 3.53. The predicted molar refractivity (Wildman–Crippen MR) is 151 cm³/mol. The van der Waals surface area contributed by atoms with Gasteiger partial charge >= 0.3 is 0 Å². The number of imidazole rings is 1. The number of non-ortho nitro benzene ring substituents is 1. The molecule has 4 heterocycles. The fourth-order valence-electron chi connectivity index (χ4n) is 5.50. The molecule has 1 fully saturated rings. The number of nitrogens with one attached hydrogen (secondary N) is 1. The normalized spacial score (nSPS) is 14.1. The molecule has 10 nitrogen and oxygen atoms in total. The van der Waals surface area contributed by atoms with Crippen LogP contribution in [-0.2, 0) is 11.3 Å². The van der Waals surface area contributed by atoms with Gasteiger partial charge in [0.2, 0.25) is 5.91 Å². The molecule has 0 radical (unpaired) electrons. The molecule has 0 aliphatic carbocycles. The second-order valence-electron chi connectivity index (χ2n) is 10.2. The largest absolute Gasteiger partial charge is 0.338 e. The first kappa shape index (κ1) is 25.3. The highest BCUT2D eigenvalue weighted by molar-refractivity contribution is 5.94. The monoisotopic (exact) mass is 536 g/mol. The summed E-state index contributed by atoms with van der Waals surface area (Å²) in [5.41, 5.74) is 4.63. The number of aryl methyl sites for hydroxylation is 1. The number of benzene rings is 2. The summed E-state index contributed by atoms with van der Waals surface area (Å²) in [6.07, 6.45) is 5.39. The number of pyridine rings is 1. The molecular formula is C30H28N6O4. The number of hydrogen-bond acceptors (Lipinski definition) is 5. The van der Waals surface area contributed by atoms with Gasteiger partial charge in [-0.1, -0.05) is 18.2 Å². The number of nitro benzene ring substituents is 1. The molecule has 10 heteroatoms. The van der Waals surface area contributed by atoms with E-state index < -0.39 is 4.92 Å². The lowest BCUT2D eigenvalue weighted by Gasteiger charge is -2.32. The van der Waals surface area contributed by atoms with E-state index in [1.165, 1.54) is 17.7 Å². The predicted octanol–water partition coefficient (Wildman–Crippen LogP) is 5.16. The minimum Gasteiger partial charge on any atom is -0.338 e. The van der Waals surface area contributed by atoms with Crippen molar-refractivity contribution in [1.29, 1.82) is 0 Å². The number of hydrogen-bond donors (Lipinski definition) is 1. The second kappa shape index (κ2) is 10.3. The van der Waals surface area contributed by atoms with E-state index in [1.807, 2.05) is 71.0 Å². The van der Waals surface area contributed by atoms with Crippen LogP contribution in [0.25, 0.3) is 16.6 Å². The van der Waals surface area contributed by atoms with Gasteiger partial charge in [-0.25, -0.2) is 4.98 Å². The standard InChI is InChI=1S/C30H28N6O4/c1-20-29(32-27-4-2-3-14-35(20)27)30(38)33-15-11-22(12-16-33)21-5-8-24(9-6-21)31-28(37)19-34-17-13-23-7-10-25(36(39)40)18-26(23)34/h2-10,13-14,17-18,22H,11-12,15-16,19H2,1H3,(H,31,37). The zero-order chi connectivity index (χ0) is 27.8. The first-order valence-electron chi connectivity index (χ1n) is 13.2. The Morgan fingerprint density at radius 2 is 1.80 bits per heavy atom. The summed E-state index contributed by atoms with van der Waals surface area (Å²) < 4.78 is 3.64. The van der Waals surface area contributed by atoms with Gasteiger partial charge in [0.05, 0.1) is 16.1 Å². The van der Waals surface area contributed by atoms with Crippen molar-refractivity contribution in [2.75, 3.05) is 18.4 Å². The maximum Gasteiger partial charge on any atom is 0.274 e. The lowest BCUT2D eigenvalue weighted by Crippen LogP contribution is -2.38. The third kappa shape index (κ3) is 4.79. The lowest BCUT2D eigenvalue weighted by atomic mass is 9.89. The molecule has 6 rings (SSSR count). The van der Waals surface area contributed by atoms with Crippen LogP contribution in [-0.4, -0.2) is 48.7 Å². The van der Waals surface area contributed by atoms with Gasteiger partial charge in [-0.15, -0.1) is 0 Å². The van der Waals surface area contributed by atoms with Crippen LogP contribution in [0.4, 0.5) is 11.4 Å². The molecule has 40 heavy (non-hydrogen) atoms. The summed E-state index contributed by atoms with van der Waals surface area (Å²) in [5.74, 6) is 0.0894. The van der Waals surface area contributed by atoms with Gasteiger partial charge in [-0.05, 0) is 67.6 Å². The minimum absolute atomic E-state index is 0.0102. The van der Waals surface area contributed by atoms with Crippen molar-refractivity contribution in [3.63, 3.8) is 0 Å². The number of rotatable bonds is 6. The van der Waals surface area contributed by atoms with E-state index in [0.29, 0.717) is 35.9 Å². The molecular weight excluding hydrogens is 508 g/mol. The van der Waals surface area contributed by atoms with Gasteiger partial charge in [0.1, 0.15) is 17.9 Å². The van der Waals surface area contributed by atoms with Gasteiger partial charge in [-0.2, -0.15) is 0 Å². The van der Waals surface area contributed by atoms with Crippen LogP contribution >= 0.6 is 0 Å². The Labute approximate surface area is 230 Å². The van der Waals surface area contributed by atoms with Crippen molar-refractivity contribution in [1.82, 2.24) is 18.9 Å². The Bertz CT molecular complexity index is 1750. The fourth-order valence-corrected chi connectivity index (χ4v) is 5.50. The van der Waals surface area contributed by atoms with E-state index in [2.05, 4.69) is 10.3 Å². The van der Waals surface area contributed by atoms with Crippen molar-refractivity contribution in [2.24, 2.45) is 0 Å². The van der Waals surface area contributed by atoms with Crippen molar-refractivity contribution in [3.8, 4) is 0 Å². The van der Waals surface area contributed by atoms with E-state index in [4.69, 9.17) is 0 Å². The van der Waals surface area contributed by atoms with Gasteiger partial charge in [0.15, 0.2) is 0 Å². The maximum atomic E-state index is 13.2. The van der Waals surface area contributed by atoms with E-state index in [-0.39, 0.29) is 24.0 Å². The Hall–Kier alpha value is -4.99. The summed E-state index contributed by atoms with van der Waals surface area (Å²) in [4.78, 5) is 43.0. The van der Waals surface area contributed by atoms with Crippen LogP contribution < -0.4 is 5.32 Å². The number of aromatic nitrogens is 3. The number of carbonyl (C=O) groups is 2. The number of nitrogens with zero attached hydrogens (tertiary/aromatic N) is 5. The number of fused-ring (bicyclic) bond motifs is 2. The molecule has 2 amide bonds. The van der Waals surface area contributed by atoms with Crippen LogP contribution in [0, 0.1) is 17.0 Å². The zero-order valence-electron chi connectivity index (χ0n) is 22.0. The molecule has 0 bridgehead atoms. The van der Waals surface area contributed by atoms with E-state index in [9.17, 15) is 19.7 Å². The topological polar surface area (TPSA) is 115 Å². The number of piperidine rings is 1. The Morgan fingerprint density at radius 1 is 1.02 bits per heavy atom. The Balaban J connectivity index is 1.05. The van der Waals surface area contributed by atoms with E-state index in [0.717, 1.165) is 29.6 Å². The molecule has 5 aromatic rings. The number of nitro groups is 1. The number of amides is 2. The number of likely N-dealkylation sites (tertiary alicyclic amines) is 1. The third-order valence-corrected chi connectivity index (χ3v) is 7.70. The van der Waals surface area contributed by atoms with Crippen LogP contribution in [0.3, 0.4) is 0 Å². The van der Waals surface area contributed by atoms with Gasteiger partial charge < -0.3 is 19.2 Å². The smallest absolute Gasteiger partial charge is 0.274 e. The van der Waals surface area contributed by atoms with Crippen LogP contribution in [0.2, 0.25) is 0 Å². The molecule has 0 unspecified atom stereocenters. The summed E-state index contributed by atoms with van der Waals surface area (Å²) in [6.45, 7) is 3.30. The van der Waals surface area contributed by atoms with E-state index >= 15 is 0 Å². The lowest BCUT2D eigenvalue weighted by molar-refractivity contribution is -0.384. The summed E-state index contributed by atoms with van der Waals surface area (Å²) in [5, 5.41) is 14.9. The Kier molecular flexibility index (Phi) is 6.51. The average molecular weight is 537 g/mol. The molecule has 1 saturated heterocycles. The molecule has 2 aromatic carbocycles. The molecule has 0 spiro atoms. The van der Waals surface area contributed by atoms with Crippen LogP contribution in [0.1, 0.15) is 40.5 Å². The highest BCUT2D eigenvalue weighted by Crippen LogP contribution is 2.30. The molecule has 3 aromatic heterocycles. The maximum absolute atomic E-state index is 13.2. The van der Waals surface area contributed by atoms with Crippen LogP contribution in [0.5, 0.6) is 0 Å². The van der Waals surface area contributed by atoms with Gasteiger partial charge in [0.25, 0.3) is 11.6 Å². The molecule has 0 atom stereocenters. The van der Waals surface area contributed by atoms with Crippen molar-refractivity contribution >= 4 is 39.7 Å². The molecule has 202 valence electrons. The highest BCUT2D eigenvalue weighted by Gasteiger charge is 2.27. The molecule has 1 aliphatic heterocycles. The van der Waals surface area contributed by atoms with E-state index in [1.54, 1.807) is 16.8 Å². The molecule has 1 N–H and O–H groups in total. The first-order valence-corrected chi connectivity index (χ1v) is 13.2. The van der Waals surface area contributed by atoms with Crippen molar-refractivity contribution in [3.05, 3.63) is 106 Å². The second-order valence-corrected chi connectivity index (χ2v) is 10.2. The third-order valence-electron chi connectivity index (χ3n) is 7.70. The summed E-state index contributed by atoms with van der Waals surface area (Å²) >= 11 is 0.